The lowest BCUT2D eigenvalue weighted by atomic mass is 10.1. The molecule has 0 bridgehead atoms. The van der Waals surface area contributed by atoms with Crippen molar-refractivity contribution in [3.63, 3.8) is 0 Å². The van der Waals surface area contributed by atoms with Gasteiger partial charge in [0.05, 0.1) is 18.3 Å². The molecule has 1 aliphatic rings. The lowest BCUT2D eigenvalue weighted by Gasteiger charge is -2.20. The van der Waals surface area contributed by atoms with Crippen molar-refractivity contribution >= 4 is 17.0 Å². The van der Waals surface area contributed by atoms with E-state index < -0.39 is 0 Å². The van der Waals surface area contributed by atoms with Crippen LogP contribution < -0.4 is 10.1 Å². The molecule has 0 saturated heterocycles. The van der Waals surface area contributed by atoms with Crippen molar-refractivity contribution in [1.29, 1.82) is 0 Å². The first-order valence-electron chi connectivity index (χ1n) is 6.90. The summed E-state index contributed by atoms with van der Waals surface area (Å²) in [6.45, 7) is 2.72. The van der Waals surface area contributed by atoms with E-state index in [9.17, 15) is 0 Å². The van der Waals surface area contributed by atoms with Crippen molar-refractivity contribution in [3.05, 3.63) is 46.7 Å². The van der Waals surface area contributed by atoms with Gasteiger partial charge in [0.2, 0.25) is 0 Å². The molecule has 19 heavy (non-hydrogen) atoms. The van der Waals surface area contributed by atoms with Gasteiger partial charge in [-0.15, -0.1) is 11.3 Å². The SMILES string of the molecule is CCOc1ccccc1NC(c1cccs1)C1CC1. The van der Waals surface area contributed by atoms with E-state index in [2.05, 4.69) is 35.0 Å². The Morgan fingerprint density at radius 3 is 2.79 bits per heavy atom. The third kappa shape index (κ3) is 2.92. The molecule has 2 aromatic rings. The molecule has 1 fully saturated rings. The number of benzene rings is 1. The minimum atomic E-state index is 0.432. The second-order valence-corrected chi connectivity index (χ2v) is 5.88. The summed E-state index contributed by atoms with van der Waals surface area (Å²) in [5.74, 6) is 1.72. The van der Waals surface area contributed by atoms with Gasteiger partial charge >= 0.3 is 0 Å². The highest BCUT2D eigenvalue weighted by Crippen LogP contribution is 2.45. The van der Waals surface area contributed by atoms with Gasteiger partial charge in [-0.25, -0.2) is 0 Å². The summed E-state index contributed by atoms with van der Waals surface area (Å²) in [5.41, 5.74) is 1.11. The molecular weight excluding hydrogens is 254 g/mol. The topological polar surface area (TPSA) is 21.3 Å². The number of rotatable bonds is 6. The molecule has 1 N–H and O–H groups in total. The van der Waals surface area contributed by atoms with Gasteiger partial charge in [-0.05, 0) is 49.3 Å². The van der Waals surface area contributed by atoms with Crippen LogP contribution in [0.3, 0.4) is 0 Å². The maximum atomic E-state index is 5.70. The molecule has 1 unspecified atom stereocenters. The molecule has 1 aliphatic carbocycles. The summed E-state index contributed by atoms with van der Waals surface area (Å²) in [7, 11) is 0. The molecule has 1 saturated carbocycles. The van der Waals surface area contributed by atoms with Gasteiger partial charge in [0.1, 0.15) is 5.75 Å². The molecule has 0 amide bonds. The Hall–Kier alpha value is -1.48. The Bertz CT molecular complexity index is 519. The average molecular weight is 273 g/mol. The average Bonchev–Trinajstić information content (AvgIpc) is 3.12. The quantitative estimate of drug-likeness (QED) is 0.823. The lowest BCUT2D eigenvalue weighted by Crippen LogP contribution is -2.12. The standard InChI is InChI=1S/C16H19NOS/c1-2-18-14-7-4-3-6-13(14)17-16(12-9-10-12)15-8-5-11-19-15/h3-8,11-12,16-17H,2,9-10H2,1H3. The Morgan fingerprint density at radius 1 is 1.26 bits per heavy atom. The second kappa shape index (κ2) is 5.66. The first kappa shape index (κ1) is 12.5. The van der Waals surface area contributed by atoms with Gasteiger partial charge in [0, 0.05) is 4.88 Å². The van der Waals surface area contributed by atoms with E-state index in [0.717, 1.165) is 17.4 Å². The summed E-state index contributed by atoms with van der Waals surface area (Å²) in [6.07, 6.45) is 2.65. The van der Waals surface area contributed by atoms with Gasteiger partial charge in [0.25, 0.3) is 0 Å². The Kier molecular flexibility index (Phi) is 3.74. The lowest BCUT2D eigenvalue weighted by molar-refractivity contribution is 0.341. The number of ether oxygens (including phenoxy) is 1. The monoisotopic (exact) mass is 273 g/mol. The predicted molar refractivity (Wildman–Crippen MR) is 81.0 cm³/mol. The molecule has 1 atom stereocenters. The molecule has 0 radical (unpaired) electrons. The molecule has 0 spiro atoms. The van der Waals surface area contributed by atoms with Gasteiger partial charge in [-0.3, -0.25) is 0 Å². The minimum Gasteiger partial charge on any atom is -0.492 e. The molecular formula is C16H19NOS. The van der Waals surface area contributed by atoms with Crippen molar-refractivity contribution < 1.29 is 4.74 Å². The summed E-state index contributed by atoms with van der Waals surface area (Å²) in [5, 5.41) is 5.84. The van der Waals surface area contributed by atoms with Crippen molar-refractivity contribution in [2.75, 3.05) is 11.9 Å². The van der Waals surface area contributed by atoms with E-state index in [1.165, 1.54) is 17.7 Å². The van der Waals surface area contributed by atoms with Crippen LogP contribution in [0.25, 0.3) is 0 Å². The van der Waals surface area contributed by atoms with Crippen molar-refractivity contribution in [2.45, 2.75) is 25.8 Å². The fourth-order valence-corrected chi connectivity index (χ4v) is 3.22. The third-order valence-electron chi connectivity index (χ3n) is 3.44. The maximum Gasteiger partial charge on any atom is 0.142 e. The normalized spacial score (nSPS) is 16.1. The van der Waals surface area contributed by atoms with E-state index in [0.29, 0.717) is 12.6 Å². The van der Waals surface area contributed by atoms with Crippen LogP contribution in [0.1, 0.15) is 30.7 Å². The van der Waals surface area contributed by atoms with Crippen LogP contribution in [-0.4, -0.2) is 6.61 Å². The summed E-state index contributed by atoms with van der Waals surface area (Å²) in [6, 6.07) is 13.0. The van der Waals surface area contributed by atoms with Crippen LogP contribution in [0, 0.1) is 5.92 Å². The second-order valence-electron chi connectivity index (χ2n) is 4.90. The van der Waals surface area contributed by atoms with Crippen molar-refractivity contribution in [2.24, 2.45) is 5.92 Å². The molecule has 1 aromatic carbocycles. The van der Waals surface area contributed by atoms with Crippen LogP contribution in [0.4, 0.5) is 5.69 Å². The predicted octanol–water partition coefficient (Wildman–Crippen LogP) is 4.71. The molecule has 0 aliphatic heterocycles. The number of hydrogen-bond acceptors (Lipinski definition) is 3. The van der Waals surface area contributed by atoms with Gasteiger partial charge in [-0.2, -0.15) is 0 Å². The highest BCUT2D eigenvalue weighted by molar-refractivity contribution is 7.10. The van der Waals surface area contributed by atoms with Crippen molar-refractivity contribution in [3.8, 4) is 5.75 Å². The van der Waals surface area contributed by atoms with E-state index >= 15 is 0 Å². The minimum absolute atomic E-state index is 0.432. The van der Waals surface area contributed by atoms with Crippen LogP contribution in [0.2, 0.25) is 0 Å². The van der Waals surface area contributed by atoms with Crippen LogP contribution in [0.5, 0.6) is 5.75 Å². The molecule has 3 rings (SSSR count). The van der Waals surface area contributed by atoms with Crippen LogP contribution in [0.15, 0.2) is 41.8 Å². The van der Waals surface area contributed by atoms with Gasteiger partial charge < -0.3 is 10.1 Å². The summed E-state index contributed by atoms with van der Waals surface area (Å²) >= 11 is 1.83. The van der Waals surface area contributed by atoms with E-state index in [1.807, 2.05) is 30.4 Å². The number of nitrogens with one attached hydrogen (secondary N) is 1. The Labute approximate surface area is 118 Å². The zero-order chi connectivity index (χ0) is 13.1. The first-order chi connectivity index (χ1) is 9.38. The van der Waals surface area contributed by atoms with Gasteiger partial charge in [-0.1, -0.05) is 18.2 Å². The molecule has 1 heterocycles. The zero-order valence-corrected chi connectivity index (χ0v) is 12.0. The molecule has 2 nitrogen and oxygen atoms in total. The fraction of sp³-hybridized carbons (Fsp3) is 0.375. The Balaban J connectivity index is 1.82. The molecule has 1 aromatic heterocycles. The Morgan fingerprint density at radius 2 is 2.11 bits per heavy atom. The molecule has 100 valence electrons. The van der Waals surface area contributed by atoms with E-state index in [-0.39, 0.29) is 0 Å². The first-order valence-corrected chi connectivity index (χ1v) is 7.78. The summed E-state index contributed by atoms with van der Waals surface area (Å²) < 4.78 is 5.70. The number of anilines is 1. The smallest absolute Gasteiger partial charge is 0.142 e. The van der Waals surface area contributed by atoms with E-state index in [1.54, 1.807) is 0 Å². The highest BCUT2D eigenvalue weighted by Gasteiger charge is 2.33. The van der Waals surface area contributed by atoms with Crippen LogP contribution in [-0.2, 0) is 0 Å². The number of thiophene rings is 1. The number of hydrogen-bond donors (Lipinski definition) is 1. The van der Waals surface area contributed by atoms with Crippen LogP contribution >= 0.6 is 11.3 Å². The van der Waals surface area contributed by atoms with Gasteiger partial charge in [0.15, 0.2) is 0 Å². The largest absolute Gasteiger partial charge is 0.492 e. The third-order valence-corrected chi connectivity index (χ3v) is 4.40. The highest BCUT2D eigenvalue weighted by atomic mass is 32.1. The summed E-state index contributed by atoms with van der Waals surface area (Å²) in [4.78, 5) is 1.42. The van der Waals surface area contributed by atoms with Crippen molar-refractivity contribution in [1.82, 2.24) is 0 Å². The molecule has 3 heteroatoms. The number of para-hydroxylation sites is 2. The zero-order valence-electron chi connectivity index (χ0n) is 11.1. The maximum absolute atomic E-state index is 5.70. The fourth-order valence-electron chi connectivity index (χ4n) is 2.35. The van der Waals surface area contributed by atoms with E-state index in [4.69, 9.17) is 4.74 Å².